The predicted octanol–water partition coefficient (Wildman–Crippen LogP) is 3.65. The Kier molecular flexibility index (Phi) is 4.05. The van der Waals surface area contributed by atoms with Gasteiger partial charge in [-0.1, -0.05) is 6.07 Å². The van der Waals surface area contributed by atoms with Crippen LogP contribution in [0.2, 0.25) is 0 Å². The third-order valence-electron chi connectivity index (χ3n) is 3.01. The van der Waals surface area contributed by atoms with Crippen molar-refractivity contribution in [2.24, 2.45) is 0 Å². The molecule has 0 fully saturated rings. The van der Waals surface area contributed by atoms with Crippen LogP contribution < -0.4 is 10.1 Å². The summed E-state index contributed by atoms with van der Waals surface area (Å²) in [5.41, 5.74) is 2.47. The van der Waals surface area contributed by atoms with Crippen LogP contribution in [0, 0.1) is 13.8 Å². The number of nitrogens with one attached hydrogen (secondary N) is 1. The number of aromatic nitrogens is 2. The van der Waals surface area contributed by atoms with E-state index in [-0.39, 0.29) is 5.76 Å². The van der Waals surface area contributed by atoms with Crippen molar-refractivity contribution in [1.29, 1.82) is 0 Å². The maximum absolute atomic E-state index is 11.9. The van der Waals surface area contributed by atoms with Gasteiger partial charge in [-0.15, -0.1) is 0 Å². The van der Waals surface area contributed by atoms with Crippen molar-refractivity contribution in [2.45, 2.75) is 13.8 Å². The second-order valence-corrected chi connectivity index (χ2v) is 4.99. The van der Waals surface area contributed by atoms with E-state index in [1.54, 1.807) is 30.3 Å². The molecule has 23 heavy (non-hydrogen) atoms. The predicted molar refractivity (Wildman–Crippen MR) is 84.9 cm³/mol. The van der Waals surface area contributed by atoms with Gasteiger partial charge in [-0.05, 0) is 44.2 Å². The van der Waals surface area contributed by atoms with Crippen molar-refractivity contribution >= 4 is 17.6 Å². The van der Waals surface area contributed by atoms with Gasteiger partial charge >= 0.3 is 5.97 Å². The van der Waals surface area contributed by atoms with Crippen LogP contribution in [0.15, 0.2) is 53.1 Å². The lowest BCUT2D eigenvalue weighted by Crippen LogP contribution is -2.07. The first-order valence-corrected chi connectivity index (χ1v) is 7.05. The zero-order chi connectivity index (χ0) is 16.2. The Bertz CT molecular complexity index is 809. The number of nitrogens with zero attached hydrogens (tertiary/aromatic N) is 2. The van der Waals surface area contributed by atoms with Crippen molar-refractivity contribution in [1.82, 2.24) is 9.97 Å². The van der Waals surface area contributed by atoms with Crippen LogP contribution in [0.4, 0.5) is 11.6 Å². The SMILES string of the molecule is Cc1cc(C)nc(Nc2cccc(OC(=O)c3ccco3)c2)n1. The van der Waals surface area contributed by atoms with E-state index in [0.29, 0.717) is 11.7 Å². The number of anilines is 2. The highest BCUT2D eigenvalue weighted by Crippen LogP contribution is 2.21. The van der Waals surface area contributed by atoms with Gasteiger partial charge in [0.2, 0.25) is 11.7 Å². The molecule has 2 aromatic heterocycles. The van der Waals surface area contributed by atoms with Crippen LogP contribution >= 0.6 is 0 Å². The smallest absolute Gasteiger partial charge is 0.379 e. The molecule has 6 heteroatoms. The third-order valence-corrected chi connectivity index (χ3v) is 3.01. The molecular formula is C17H15N3O3. The topological polar surface area (TPSA) is 77.3 Å². The standard InChI is InChI=1S/C17H15N3O3/c1-11-9-12(2)19-17(18-11)20-13-5-3-6-14(10-13)23-16(21)15-7-4-8-22-15/h3-10H,1-2H3,(H,18,19,20). The molecule has 0 aliphatic heterocycles. The number of furan rings is 1. The molecule has 6 nitrogen and oxygen atoms in total. The molecule has 116 valence electrons. The molecular weight excluding hydrogens is 294 g/mol. The fraction of sp³-hybridized carbons (Fsp3) is 0.118. The summed E-state index contributed by atoms with van der Waals surface area (Å²) >= 11 is 0. The Balaban J connectivity index is 1.76. The number of rotatable bonds is 4. The maximum atomic E-state index is 11.9. The van der Waals surface area contributed by atoms with Gasteiger partial charge < -0.3 is 14.5 Å². The van der Waals surface area contributed by atoms with E-state index < -0.39 is 5.97 Å². The van der Waals surface area contributed by atoms with Crippen LogP contribution in [0.3, 0.4) is 0 Å². The Hall–Kier alpha value is -3.15. The highest BCUT2D eigenvalue weighted by molar-refractivity contribution is 5.88. The number of carbonyl (C=O) groups is 1. The zero-order valence-corrected chi connectivity index (χ0v) is 12.7. The summed E-state index contributed by atoms with van der Waals surface area (Å²) in [5.74, 6) is 0.508. The number of aryl methyl sites for hydroxylation is 2. The lowest BCUT2D eigenvalue weighted by molar-refractivity contribution is 0.0701. The highest BCUT2D eigenvalue weighted by atomic mass is 16.5. The largest absolute Gasteiger partial charge is 0.457 e. The van der Waals surface area contributed by atoms with Gasteiger partial charge in [0.05, 0.1) is 6.26 Å². The molecule has 1 N–H and O–H groups in total. The van der Waals surface area contributed by atoms with Gasteiger partial charge in [0.15, 0.2) is 0 Å². The molecule has 0 saturated heterocycles. The van der Waals surface area contributed by atoms with Crippen LogP contribution in [0.25, 0.3) is 0 Å². The van der Waals surface area contributed by atoms with Crippen molar-refractivity contribution in [2.75, 3.05) is 5.32 Å². The van der Waals surface area contributed by atoms with Crippen molar-refractivity contribution in [3.05, 3.63) is 65.9 Å². The van der Waals surface area contributed by atoms with Crippen LogP contribution in [-0.4, -0.2) is 15.9 Å². The summed E-state index contributed by atoms with van der Waals surface area (Å²) < 4.78 is 10.3. The third kappa shape index (κ3) is 3.74. The molecule has 0 saturated carbocycles. The Morgan fingerprint density at radius 2 is 1.87 bits per heavy atom. The highest BCUT2D eigenvalue weighted by Gasteiger charge is 2.11. The second kappa shape index (κ2) is 6.31. The Morgan fingerprint density at radius 3 is 2.57 bits per heavy atom. The summed E-state index contributed by atoms with van der Waals surface area (Å²) in [7, 11) is 0. The van der Waals surface area contributed by atoms with Gasteiger partial charge in [0.25, 0.3) is 0 Å². The van der Waals surface area contributed by atoms with E-state index in [0.717, 1.165) is 17.1 Å². The zero-order valence-electron chi connectivity index (χ0n) is 12.7. The molecule has 2 heterocycles. The average molecular weight is 309 g/mol. The summed E-state index contributed by atoms with van der Waals surface area (Å²) in [6.07, 6.45) is 1.42. The minimum Gasteiger partial charge on any atom is -0.457 e. The molecule has 0 atom stereocenters. The summed E-state index contributed by atoms with van der Waals surface area (Å²) in [6, 6.07) is 12.1. The minimum absolute atomic E-state index is 0.154. The van der Waals surface area contributed by atoms with E-state index in [9.17, 15) is 4.79 Å². The summed E-state index contributed by atoms with van der Waals surface area (Å²) in [6.45, 7) is 3.81. The lowest BCUT2D eigenvalue weighted by Gasteiger charge is -2.08. The summed E-state index contributed by atoms with van der Waals surface area (Å²) in [5, 5.41) is 3.10. The number of hydrogen-bond acceptors (Lipinski definition) is 6. The average Bonchev–Trinajstić information content (AvgIpc) is 3.00. The van der Waals surface area contributed by atoms with Crippen molar-refractivity contribution in [3.63, 3.8) is 0 Å². The van der Waals surface area contributed by atoms with Crippen LogP contribution in [0.5, 0.6) is 5.75 Å². The van der Waals surface area contributed by atoms with Gasteiger partial charge in [-0.3, -0.25) is 0 Å². The van der Waals surface area contributed by atoms with Crippen molar-refractivity contribution < 1.29 is 13.9 Å². The second-order valence-electron chi connectivity index (χ2n) is 4.99. The van der Waals surface area contributed by atoms with Crippen LogP contribution in [-0.2, 0) is 0 Å². The first-order chi connectivity index (χ1) is 11.1. The maximum Gasteiger partial charge on any atom is 0.379 e. The van der Waals surface area contributed by atoms with Gasteiger partial charge in [0.1, 0.15) is 5.75 Å². The Labute approximate surface area is 133 Å². The molecule has 0 radical (unpaired) electrons. The van der Waals surface area contributed by atoms with E-state index in [1.807, 2.05) is 26.0 Å². The fourth-order valence-electron chi connectivity index (χ4n) is 2.10. The van der Waals surface area contributed by atoms with E-state index in [2.05, 4.69) is 15.3 Å². The minimum atomic E-state index is -0.546. The molecule has 1 aromatic carbocycles. The molecule has 0 bridgehead atoms. The van der Waals surface area contributed by atoms with E-state index in [4.69, 9.17) is 9.15 Å². The lowest BCUT2D eigenvalue weighted by atomic mass is 10.3. The van der Waals surface area contributed by atoms with Gasteiger partial charge in [-0.2, -0.15) is 0 Å². The summed E-state index contributed by atoms with van der Waals surface area (Å²) in [4.78, 5) is 20.5. The number of ether oxygens (including phenoxy) is 1. The number of esters is 1. The van der Waals surface area contributed by atoms with E-state index in [1.165, 1.54) is 6.26 Å². The fourth-order valence-corrected chi connectivity index (χ4v) is 2.10. The number of hydrogen-bond donors (Lipinski definition) is 1. The van der Waals surface area contributed by atoms with Gasteiger partial charge in [0, 0.05) is 23.1 Å². The van der Waals surface area contributed by atoms with Crippen LogP contribution in [0.1, 0.15) is 21.9 Å². The van der Waals surface area contributed by atoms with Crippen molar-refractivity contribution in [3.8, 4) is 5.75 Å². The molecule has 3 rings (SSSR count). The van der Waals surface area contributed by atoms with E-state index >= 15 is 0 Å². The Morgan fingerprint density at radius 1 is 1.09 bits per heavy atom. The molecule has 0 aliphatic rings. The normalized spacial score (nSPS) is 10.3. The number of benzene rings is 1. The first-order valence-electron chi connectivity index (χ1n) is 7.05. The first kappa shape index (κ1) is 14.8. The molecule has 0 spiro atoms. The molecule has 0 aliphatic carbocycles. The molecule has 3 aromatic rings. The molecule has 0 amide bonds. The quantitative estimate of drug-likeness (QED) is 0.585. The number of carbonyl (C=O) groups excluding carboxylic acids is 1. The van der Waals surface area contributed by atoms with Gasteiger partial charge in [-0.25, -0.2) is 14.8 Å². The molecule has 0 unspecified atom stereocenters. The monoisotopic (exact) mass is 309 g/mol.